The van der Waals surface area contributed by atoms with Crippen LogP contribution in [-0.2, 0) is 16.2 Å². The average molecular weight is 531 g/mol. The maximum absolute atomic E-state index is 13.1. The third-order valence-electron chi connectivity index (χ3n) is 5.02. The van der Waals surface area contributed by atoms with Crippen LogP contribution in [0.3, 0.4) is 0 Å². The number of carbonyl (C=O) groups excluding carboxylic acids is 3. The van der Waals surface area contributed by atoms with Crippen LogP contribution >= 0.6 is 15.9 Å². The van der Waals surface area contributed by atoms with E-state index >= 15 is 0 Å². The third kappa shape index (κ3) is 5.60. The molecule has 1 fully saturated rings. The van der Waals surface area contributed by atoms with Gasteiger partial charge in [-0.05, 0) is 69.5 Å². The number of ether oxygens (including phenoxy) is 2. The highest BCUT2D eigenvalue weighted by atomic mass is 79.9. The average Bonchev–Trinajstić information content (AvgIpc) is 2.86. The number of benzene rings is 3. The highest BCUT2D eigenvalue weighted by Crippen LogP contribution is 2.28. The van der Waals surface area contributed by atoms with E-state index in [1.807, 2.05) is 30.3 Å². The predicted molar refractivity (Wildman–Crippen MR) is 135 cm³/mol. The fourth-order valence-corrected chi connectivity index (χ4v) is 3.85. The van der Waals surface area contributed by atoms with Crippen molar-refractivity contribution < 1.29 is 23.9 Å². The van der Waals surface area contributed by atoms with Crippen molar-refractivity contribution in [2.45, 2.75) is 6.61 Å². The van der Waals surface area contributed by atoms with Gasteiger partial charge in [0.15, 0.2) is 0 Å². The lowest BCUT2D eigenvalue weighted by Crippen LogP contribution is -2.54. The summed E-state index contributed by atoms with van der Waals surface area (Å²) in [7, 11) is 0. The van der Waals surface area contributed by atoms with E-state index in [0.717, 1.165) is 10.5 Å². The summed E-state index contributed by atoms with van der Waals surface area (Å²) in [5, 5.41) is 2.21. The molecule has 1 saturated heterocycles. The van der Waals surface area contributed by atoms with E-state index < -0.39 is 17.8 Å². The fourth-order valence-electron chi connectivity index (χ4n) is 3.33. The first-order valence-electron chi connectivity index (χ1n) is 10.5. The Labute approximate surface area is 210 Å². The topological polar surface area (TPSA) is 84.9 Å². The second-order valence-corrected chi connectivity index (χ2v) is 8.26. The highest BCUT2D eigenvalue weighted by Gasteiger charge is 2.36. The van der Waals surface area contributed by atoms with E-state index in [0.29, 0.717) is 33.8 Å². The fraction of sp³-hybridized carbons (Fsp3) is 0.0741. The molecule has 0 saturated carbocycles. The second kappa shape index (κ2) is 10.7. The normalized spacial score (nSPS) is 14.5. The Morgan fingerprint density at radius 2 is 1.71 bits per heavy atom. The predicted octanol–water partition coefficient (Wildman–Crippen LogP) is 4.71. The number of hydrogen-bond donors (Lipinski definition) is 1. The van der Waals surface area contributed by atoms with Gasteiger partial charge < -0.3 is 9.47 Å². The van der Waals surface area contributed by atoms with Crippen molar-refractivity contribution in [1.29, 1.82) is 0 Å². The van der Waals surface area contributed by atoms with Crippen molar-refractivity contribution in [3.05, 3.63) is 94.0 Å². The number of hydrogen-bond acceptors (Lipinski definition) is 5. The molecular weight excluding hydrogens is 512 g/mol. The van der Waals surface area contributed by atoms with E-state index in [4.69, 9.17) is 15.9 Å². The molecule has 0 spiro atoms. The Morgan fingerprint density at radius 1 is 0.971 bits per heavy atom. The number of halogens is 1. The second-order valence-electron chi connectivity index (χ2n) is 7.41. The summed E-state index contributed by atoms with van der Waals surface area (Å²) in [6, 6.07) is 20.3. The lowest BCUT2D eigenvalue weighted by Gasteiger charge is -2.26. The number of imide groups is 2. The molecular formula is C27H19BrN2O5. The Kier molecular flexibility index (Phi) is 7.29. The number of anilines is 1. The number of rotatable bonds is 7. The first-order valence-corrected chi connectivity index (χ1v) is 11.3. The Balaban J connectivity index is 1.52. The van der Waals surface area contributed by atoms with Crippen molar-refractivity contribution in [3.63, 3.8) is 0 Å². The molecule has 0 unspecified atom stereocenters. The number of urea groups is 1. The molecule has 3 aromatic carbocycles. The van der Waals surface area contributed by atoms with Crippen LogP contribution in [0, 0.1) is 12.3 Å². The monoisotopic (exact) mass is 530 g/mol. The summed E-state index contributed by atoms with van der Waals surface area (Å²) in [4.78, 5) is 39.0. The van der Waals surface area contributed by atoms with Gasteiger partial charge in [0.1, 0.15) is 30.3 Å². The Hall–Kier alpha value is -4.35. The minimum absolute atomic E-state index is 0.104. The number of barbiturate groups is 1. The smallest absolute Gasteiger partial charge is 0.335 e. The summed E-state index contributed by atoms with van der Waals surface area (Å²) < 4.78 is 11.8. The number of amides is 4. The van der Waals surface area contributed by atoms with Crippen LogP contribution in [0.5, 0.6) is 11.5 Å². The minimum Gasteiger partial charge on any atom is -0.489 e. The molecule has 1 heterocycles. The lowest BCUT2D eigenvalue weighted by atomic mass is 10.1. The molecule has 3 aromatic rings. The molecule has 1 aliphatic rings. The first kappa shape index (κ1) is 23.8. The summed E-state index contributed by atoms with van der Waals surface area (Å²) in [5.74, 6) is 1.97. The van der Waals surface area contributed by atoms with Crippen molar-refractivity contribution in [2.24, 2.45) is 0 Å². The number of carbonyl (C=O) groups is 3. The zero-order valence-corrected chi connectivity index (χ0v) is 19.9. The molecule has 4 rings (SSSR count). The molecule has 8 heteroatoms. The maximum atomic E-state index is 13.1. The molecule has 0 aromatic heterocycles. The van der Waals surface area contributed by atoms with Crippen molar-refractivity contribution in [1.82, 2.24) is 5.32 Å². The van der Waals surface area contributed by atoms with Gasteiger partial charge >= 0.3 is 6.03 Å². The Bertz CT molecular complexity index is 1340. The molecule has 174 valence electrons. The van der Waals surface area contributed by atoms with Gasteiger partial charge in [0.2, 0.25) is 0 Å². The van der Waals surface area contributed by atoms with Crippen molar-refractivity contribution in [2.75, 3.05) is 11.5 Å². The first-order chi connectivity index (χ1) is 17.0. The van der Waals surface area contributed by atoms with Crippen molar-refractivity contribution in [3.8, 4) is 23.8 Å². The highest BCUT2D eigenvalue weighted by molar-refractivity contribution is 9.10. The minimum atomic E-state index is -0.825. The van der Waals surface area contributed by atoms with Crippen LogP contribution < -0.4 is 19.7 Å². The molecule has 0 radical (unpaired) electrons. The molecule has 1 N–H and O–H groups in total. The number of nitrogens with one attached hydrogen (secondary N) is 1. The van der Waals surface area contributed by atoms with Crippen LogP contribution in [-0.4, -0.2) is 24.5 Å². The standard InChI is InChI=1S/C27H19BrN2O5/c1-2-14-34-24-13-8-19(16-23(24)28)15-22-25(31)29-27(33)30(26(22)32)20-9-11-21(12-10-20)35-17-18-6-4-3-5-7-18/h1,3-13,15-16H,14,17H2,(H,29,31,33)/b22-15+. The third-order valence-corrected chi connectivity index (χ3v) is 5.64. The largest absolute Gasteiger partial charge is 0.489 e. The summed E-state index contributed by atoms with van der Waals surface area (Å²) in [5.41, 5.74) is 1.69. The van der Waals surface area contributed by atoms with E-state index in [9.17, 15) is 14.4 Å². The summed E-state index contributed by atoms with van der Waals surface area (Å²) in [6.45, 7) is 0.486. The van der Waals surface area contributed by atoms with Gasteiger partial charge in [0.25, 0.3) is 11.8 Å². The molecule has 7 nitrogen and oxygen atoms in total. The van der Waals surface area contributed by atoms with E-state index in [-0.39, 0.29) is 12.2 Å². The quantitative estimate of drug-likeness (QED) is 0.271. The molecule has 0 aliphatic carbocycles. The van der Waals surface area contributed by atoms with Gasteiger partial charge in [-0.3, -0.25) is 14.9 Å². The number of nitrogens with zero attached hydrogens (tertiary/aromatic N) is 1. The van der Waals surface area contributed by atoms with Crippen LogP contribution in [0.2, 0.25) is 0 Å². The van der Waals surface area contributed by atoms with Crippen molar-refractivity contribution >= 4 is 45.5 Å². The van der Waals surface area contributed by atoms with E-state index in [2.05, 4.69) is 27.2 Å². The zero-order valence-electron chi connectivity index (χ0n) is 18.4. The lowest BCUT2D eigenvalue weighted by molar-refractivity contribution is -0.122. The molecule has 35 heavy (non-hydrogen) atoms. The van der Waals surface area contributed by atoms with Crippen LogP contribution in [0.1, 0.15) is 11.1 Å². The maximum Gasteiger partial charge on any atom is 0.335 e. The molecule has 4 amide bonds. The van der Waals surface area contributed by atoms with Gasteiger partial charge in [0.05, 0.1) is 10.2 Å². The Morgan fingerprint density at radius 3 is 2.40 bits per heavy atom. The molecule has 0 atom stereocenters. The van der Waals surface area contributed by atoms with Gasteiger partial charge in [-0.25, -0.2) is 9.69 Å². The molecule has 1 aliphatic heterocycles. The van der Waals surface area contributed by atoms with Gasteiger partial charge in [0, 0.05) is 0 Å². The summed E-state index contributed by atoms with van der Waals surface area (Å²) in [6.07, 6.45) is 6.62. The summed E-state index contributed by atoms with van der Waals surface area (Å²) >= 11 is 3.38. The van der Waals surface area contributed by atoms with Crippen LogP contribution in [0.25, 0.3) is 6.08 Å². The number of terminal acetylenes is 1. The van der Waals surface area contributed by atoms with Gasteiger partial charge in [-0.15, -0.1) is 6.42 Å². The van der Waals surface area contributed by atoms with E-state index in [1.165, 1.54) is 6.08 Å². The molecule has 0 bridgehead atoms. The SMILES string of the molecule is C#CCOc1ccc(/C=C2\C(=O)NC(=O)N(c3ccc(OCc4ccccc4)cc3)C2=O)cc1Br. The van der Waals surface area contributed by atoms with Crippen LogP contribution in [0.4, 0.5) is 10.5 Å². The van der Waals surface area contributed by atoms with Crippen LogP contribution in [0.15, 0.2) is 82.8 Å². The van der Waals surface area contributed by atoms with E-state index in [1.54, 1.807) is 42.5 Å². The zero-order chi connectivity index (χ0) is 24.8. The van der Waals surface area contributed by atoms with Gasteiger partial charge in [-0.1, -0.05) is 42.3 Å². The van der Waals surface area contributed by atoms with Gasteiger partial charge in [-0.2, -0.15) is 0 Å².